The highest BCUT2D eigenvalue weighted by molar-refractivity contribution is 5.99. The first-order valence-corrected chi connectivity index (χ1v) is 10.1. The van der Waals surface area contributed by atoms with Gasteiger partial charge in [0, 0.05) is 30.6 Å². The van der Waals surface area contributed by atoms with E-state index in [1.165, 1.54) is 0 Å². The van der Waals surface area contributed by atoms with Crippen molar-refractivity contribution in [3.63, 3.8) is 0 Å². The Balaban J connectivity index is 2.06. The van der Waals surface area contributed by atoms with Crippen LogP contribution < -0.4 is 0 Å². The molecule has 0 aliphatic carbocycles. The van der Waals surface area contributed by atoms with Gasteiger partial charge in [-0.25, -0.2) is 0 Å². The fraction of sp³-hybridized carbons (Fsp3) is 0.458. The fourth-order valence-electron chi connectivity index (χ4n) is 3.38. The Morgan fingerprint density at radius 3 is 2.00 bits per heavy atom. The molecule has 152 valence electrons. The molecule has 1 N–H and O–H groups in total. The minimum absolute atomic E-state index is 0.0544. The van der Waals surface area contributed by atoms with Crippen LogP contribution in [0.4, 0.5) is 0 Å². The lowest BCUT2D eigenvalue weighted by molar-refractivity contribution is -0.0207. The van der Waals surface area contributed by atoms with Crippen molar-refractivity contribution in [3.8, 4) is 0 Å². The third-order valence-corrected chi connectivity index (χ3v) is 4.85. The van der Waals surface area contributed by atoms with Crippen molar-refractivity contribution >= 4 is 5.78 Å². The van der Waals surface area contributed by atoms with Crippen LogP contribution in [-0.2, 0) is 11.2 Å². The molecule has 2 aromatic rings. The topological polar surface area (TPSA) is 49.8 Å². The highest BCUT2D eigenvalue weighted by Crippen LogP contribution is 2.14. The van der Waals surface area contributed by atoms with Crippen molar-refractivity contribution in [1.82, 2.24) is 4.90 Å². The van der Waals surface area contributed by atoms with Crippen LogP contribution in [0.2, 0.25) is 0 Å². The molecule has 0 amide bonds. The lowest BCUT2D eigenvalue weighted by Crippen LogP contribution is -2.44. The van der Waals surface area contributed by atoms with Gasteiger partial charge in [-0.2, -0.15) is 0 Å². The average molecular weight is 384 g/mol. The van der Waals surface area contributed by atoms with Crippen LogP contribution in [-0.4, -0.2) is 53.2 Å². The Kier molecular flexibility index (Phi) is 8.84. The fourth-order valence-corrected chi connectivity index (χ4v) is 3.38. The summed E-state index contributed by atoms with van der Waals surface area (Å²) in [5.74, 6) is -0.0544. The standard InChI is InChI=1S/C24H33NO3/c1-18(2)25(19(3)4)16-22(26)17-28-23(15-20-11-7-5-8-12-20)24(27)21-13-9-6-10-14-21/h5-14,18-19,22-23,26H,15-17H2,1-4H3. The largest absolute Gasteiger partial charge is 0.389 e. The van der Waals surface area contributed by atoms with E-state index in [0.717, 1.165) is 5.56 Å². The molecule has 0 fully saturated rings. The van der Waals surface area contributed by atoms with Crippen molar-refractivity contribution in [2.45, 2.75) is 58.4 Å². The minimum atomic E-state index is -0.647. The van der Waals surface area contributed by atoms with Gasteiger partial charge in [0.15, 0.2) is 5.78 Å². The third kappa shape index (κ3) is 6.86. The summed E-state index contributed by atoms with van der Waals surface area (Å²) in [6.45, 7) is 9.11. The molecular weight excluding hydrogens is 350 g/mol. The van der Waals surface area contributed by atoms with Gasteiger partial charge < -0.3 is 9.84 Å². The molecule has 0 aliphatic rings. The van der Waals surface area contributed by atoms with Gasteiger partial charge in [-0.05, 0) is 33.3 Å². The molecule has 0 heterocycles. The molecule has 0 saturated carbocycles. The predicted molar refractivity (Wildman–Crippen MR) is 114 cm³/mol. The molecule has 4 heteroatoms. The van der Waals surface area contributed by atoms with Gasteiger partial charge in [0.2, 0.25) is 0 Å². The second-order valence-corrected chi connectivity index (χ2v) is 7.78. The summed E-state index contributed by atoms with van der Waals surface area (Å²) < 4.78 is 5.96. The molecule has 2 unspecified atom stereocenters. The van der Waals surface area contributed by atoms with Crippen LogP contribution in [0.5, 0.6) is 0 Å². The first kappa shape index (κ1) is 22.3. The van der Waals surface area contributed by atoms with E-state index >= 15 is 0 Å². The second-order valence-electron chi connectivity index (χ2n) is 7.78. The molecular formula is C24H33NO3. The van der Waals surface area contributed by atoms with E-state index in [4.69, 9.17) is 4.74 Å². The van der Waals surface area contributed by atoms with Gasteiger partial charge >= 0.3 is 0 Å². The Morgan fingerprint density at radius 2 is 1.46 bits per heavy atom. The molecule has 0 saturated heterocycles. The highest BCUT2D eigenvalue weighted by Gasteiger charge is 2.24. The maximum Gasteiger partial charge on any atom is 0.191 e. The normalized spacial score (nSPS) is 13.9. The maximum absolute atomic E-state index is 13.0. The van der Waals surface area contributed by atoms with Crippen molar-refractivity contribution in [1.29, 1.82) is 0 Å². The first-order valence-electron chi connectivity index (χ1n) is 10.1. The van der Waals surface area contributed by atoms with Crippen LogP contribution in [0.3, 0.4) is 0 Å². The summed E-state index contributed by atoms with van der Waals surface area (Å²) in [6.07, 6.45) is -0.781. The van der Waals surface area contributed by atoms with Gasteiger partial charge in [0.1, 0.15) is 6.10 Å². The van der Waals surface area contributed by atoms with Crippen LogP contribution in [0, 0.1) is 0 Å². The number of hydrogen-bond donors (Lipinski definition) is 1. The number of Topliss-reactive ketones (excluding diaryl/α,β-unsaturated/α-hetero) is 1. The molecule has 0 radical (unpaired) electrons. The molecule has 0 aliphatic heterocycles. The predicted octanol–water partition coefficient (Wildman–Crippen LogP) is 3.98. The van der Waals surface area contributed by atoms with Crippen molar-refractivity contribution in [2.75, 3.05) is 13.2 Å². The Hall–Kier alpha value is -2.01. The van der Waals surface area contributed by atoms with Gasteiger partial charge in [-0.15, -0.1) is 0 Å². The number of aliphatic hydroxyl groups is 1. The van der Waals surface area contributed by atoms with E-state index in [2.05, 4.69) is 32.6 Å². The number of rotatable bonds is 11. The molecule has 0 aromatic heterocycles. The molecule has 0 spiro atoms. The summed E-state index contributed by atoms with van der Waals surface area (Å²) in [4.78, 5) is 15.2. The second kappa shape index (κ2) is 11.1. The van der Waals surface area contributed by atoms with Crippen molar-refractivity contribution in [3.05, 3.63) is 71.8 Å². The summed E-state index contributed by atoms with van der Waals surface area (Å²) in [7, 11) is 0. The van der Waals surface area contributed by atoms with Gasteiger partial charge in [0.05, 0.1) is 12.7 Å². The third-order valence-electron chi connectivity index (χ3n) is 4.85. The molecule has 2 atom stereocenters. The van der Waals surface area contributed by atoms with Crippen LogP contribution in [0.15, 0.2) is 60.7 Å². The highest BCUT2D eigenvalue weighted by atomic mass is 16.5. The number of ether oxygens (including phenoxy) is 1. The summed E-state index contributed by atoms with van der Waals surface area (Å²) in [5, 5.41) is 10.5. The Morgan fingerprint density at radius 1 is 0.929 bits per heavy atom. The molecule has 0 bridgehead atoms. The minimum Gasteiger partial charge on any atom is -0.389 e. The maximum atomic E-state index is 13.0. The van der Waals surface area contributed by atoms with Crippen LogP contribution >= 0.6 is 0 Å². The van der Waals surface area contributed by atoms with E-state index in [0.29, 0.717) is 30.6 Å². The molecule has 2 aromatic carbocycles. The monoisotopic (exact) mass is 383 g/mol. The molecule has 4 nitrogen and oxygen atoms in total. The van der Waals surface area contributed by atoms with Gasteiger partial charge in [-0.1, -0.05) is 60.7 Å². The average Bonchev–Trinajstić information content (AvgIpc) is 2.69. The zero-order valence-electron chi connectivity index (χ0n) is 17.4. The lowest BCUT2D eigenvalue weighted by atomic mass is 10.00. The van der Waals surface area contributed by atoms with Gasteiger partial charge in [0.25, 0.3) is 0 Å². The molecule has 2 rings (SSSR count). The van der Waals surface area contributed by atoms with Crippen LogP contribution in [0.25, 0.3) is 0 Å². The van der Waals surface area contributed by atoms with E-state index in [-0.39, 0.29) is 12.4 Å². The van der Waals surface area contributed by atoms with E-state index in [1.807, 2.05) is 48.5 Å². The zero-order valence-corrected chi connectivity index (χ0v) is 17.4. The summed E-state index contributed by atoms with van der Waals surface area (Å²) >= 11 is 0. The van der Waals surface area contributed by atoms with Gasteiger partial charge in [-0.3, -0.25) is 9.69 Å². The molecule has 28 heavy (non-hydrogen) atoms. The number of ketones is 1. The lowest BCUT2D eigenvalue weighted by Gasteiger charge is -2.32. The quantitative estimate of drug-likeness (QED) is 0.597. The van der Waals surface area contributed by atoms with E-state index < -0.39 is 12.2 Å². The zero-order chi connectivity index (χ0) is 20.5. The SMILES string of the molecule is CC(C)N(CC(O)COC(Cc1ccccc1)C(=O)c1ccccc1)C(C)C. The Bertz CT molecular complexity index is 692. The number of carbonyl (C=O) groups is 1. The van der Waals surface area contributed by atoms with E-state index in [1.54, 1.807) is 12.1 Å². The number of benzene rings is 2. The number of hydrogen-bond acceptors (Lipinski definition) is 4. The number of aliphatic hydroxyl groups excluding tert-OH is 1. The summed E-state index contributed by atoms with van der Waals surface area (Å²) in [5.41, 5.74) is 1.67. The summed E-state index contributed by atoms with van der Waals surface area (Å²) in [6, 6.07) is 19.7. The van der Waals surface area contributed by atoms with Crippen LogP contribution in [0.1, 0.15) is 43.6 Å². The smallest absolute Gasteiger partial charge is 0.191 e. The van der Waals surface area contributed by atoms with E-state index in [9.17, 15) is 9.90 Å². The first-order chi connectivity index (χ1) is 13.4. The number of nitrogens with zero attached hydrogens (tertiary/aromatic N) is 1. The van der Waals surface area contributed by atoms with Crippen molar-refractivity contribution in [2.24, 2.45) is 0 Å². The van der Waals surface area contributed by atoms with Crippen molar-refractivity contribution < 1.29 is 14.6 Å². The number of carbonyl (C=O) groups excluding carboxylic acids is 1. The Labute approximate surface area is 169 Å².